The minimum atomic E-state index is -1.02. The maximum Gasteiger partial charge on any atom is 0.217 e. The fraction of sp³-hybridized carbons (Fsp3) is 0.367. The van der Waals surface area contributed by atoms with Crippen molar-refractivity contribution < 1.29 is 47.4 Å². The molecule has 11 atom stereocenters. The second kappa shape index (κ2) is 20.7. The molecule has 0 spiro atoms. The number of benzene rings is 5. The van der Waals surface area contributed by atoms with E-state index in [1.54, 1.807) is 0 Å². The number of hydrogen-bond donors (Lipinski definition) is 1. The SMILES string of the molecule is CC(=O)NC1C(O[C@@H]2OC(C)[C@@H](OCc3ccccc3)C(OCc3ccccc3)C2OCc2ccccc2)[C@@H]2OC(c3ccccc3)OCC2O[C@@H]1OCc1ccccc1. The number of carbonyl (C=O) groups is 1. The third-order valence-electron chi connectivity index (χ3n) is 10.9. The Morgan fingerprint density at radius 3 is 1.53 bits per heavy atom. The van der Waals surface area contributed by atoms with Crippen molar-refractivity contribution in [3.8, 4) is 0 Å². The molecule has 1 N–H and O–H groups in total. The van der Waals surface area contributed by atoms with Crippen LogP contribution in [0.4, 0.5) is 0 Å². The van der Waals surface area contributed by atoms with Crippen molar-refractivity contribution >= 4 is 5.91 Å². The lowest BCUT2D eigenvalue weighted by Gasteiger charge is -2.52. The second-order valence-corrected chi connectivity index (χ2v) is 15.3. The van der Waals surface area contributed by atoms with E-state index in [0.29, 0.717) is 13.2 Å². The van der Waals surface area contributed by atoms with Gasteiger partial charge in [0.25, 0.3) is 0 Å². The molecule has 60 heavy (non-hydrogen) atoms. The molecule has 11 heteroatoms. The Morgan fingerprint density at radius 2 is 1.02 bits per heavy atom. The lowest BCUT2D eigenvalue weighted by Crippen LogP contribution is -2.69. The number of amides is 1. The van der Waals surface area contributed by atoms with E-state index in [0.717, 1.165) is 27.8 Å². The maximum absolute atomic E-state index is 13.1. The third kappa shape index (κ3) is 10.7. The molecule has 3 aliphatic rings. The average molecular weight is 816 g/mol. The highest BCUT2D eigenvalue weighted by atomic mass is 16.8. The van der Waals surface area contributed by atoms with Crippen LogP contribution in [0.5, 0.6) is 0 Å². The highest BCUT2D eigenvalue weighted by molar-refractivity contribution is 5.73. The van der Waals surface area contributed by atoms with Gasteiger partial charge in [-0.3, -0.25) is 4.79 Å². The Morgan fingerprint density at radius 1 is 0.550 bits per heavy atom. The van der Waals surface area contributed by atoms with Gasteiger partial charge in [-0.2, -0.15) is 0 Å². The fourth-order valence-corrected chi connectivity index (χ4v) is 7.93. The zero-order valence-corrected chi connectivity index (χ0v) is 33.9. The van der Waals surface area contributed by atoms with Gasteiger partial charge in [-0.15, -0.1) is 0 Å². The summed E-state index contributed by atoms with van der Waals surface area (Å²) in [5.74, 6) is -0.288. The molecular formula is C49H53NO10. The molecule has 3 heterocycles. The first-order chi connectivity index (χ1) is 29.5. The van der Waals surface area contributed by atoms with Gasteiger partial charge in [0.05, 0.1) is 39.1 Å². The van der Waals surface area contributed by atoms with E-state index >= 15 is 0 Å². The zero-order chi connectivity index (χ0) is 41.1. The van der Waals surface area contributed by atoms with Crippen molar-refractivity contribution in [1.29, 1.82) is 0 Å². The van der Waals surface area contributed by atoms with Crippen molar-refractivity contribution in [1.82, 2.24) is 5.32 Å². The first kappa shape index (κ1) is 41.9. The van der Waals surface area contributed by atoms with Crippen LogP contribution in [-0.4, -0.2) is 73.9 Å². The van der Waals surface area contributed by atoms with Gasteiger partial charge in [-0.1, -0.05) is 152 Å². The summed E-state index contributed by atoms with van der Waals surface area (Å²) in [5.41, 5.74) is 4.77. The highest BCUT2D eigenvalue weighted by Gasteiger charge is 2.55. The lowest BCUT2D eigenvalue weighted by atomic mass is 9.94. The third-order valence-corrected chi connectivity index (χ3v) is 10.9. The first-order valence-electron chi connectivity index (χ1n) is 20.7. The molecule has 8 rings (SSSR count). The average Bonchev–Trinajstić information content (AvgIpc) is 3.29. The molecule has 5 aromatic carbocycles. The van der Waals surface area contributed by atoms with Gasteiger partial charge in [-0.25, -0.2) is 0 Å². The molecule has 3 saturated heterocycles. The quantitative estimate of drug-likeness (QED) is 0.108. The Kier molecular flexibility index (Phi) is 14.4. The van der Waals surface area contributed by atoms with Crippen LogP contribution >= 0.6 is 0 Å². The highest BCUT2D eigenvalue weighted by Crippen LogP contribution is 2.39. The number of carbonyl (C=O) groups excluding carboxylic acids is 1. The van der Waals surface area contributed by atoms with Gasteiger partial charge >= 0.3 is 0 Å². The summed E-state index contributed by atoms with van der Waals surface area (Å²) in [6.07, 6.45) is -7.38. The summed E-state index contributed by atoms with van der Waals surface area (Å²) in [4.78, 5) is 13.1. The van der Waals surface area contributed by atoms with Crippen LogP contribution in [-0.2, 0) is 73.9 Å². The number of nitrogens with one attached hydrogen (secondary N) is 1. The van der Waals surface area contributed by atoms with Crippen molar-refractivity contribution in [2.75, 3.05) is 6.61 Å². The molecule has 0 saturated carbocycles. The number of hydrogen-bond acceptors (Lipinski definition) is 10. The maximum atomic E-state index is 13.1. The molecule has 7 unspecified atom stereocenters. The van der Waals surface area contributed by atoms with Crippen LogP contribution in [0.2, 0.25) is 0 Å². The Labute approximate surface area is 351 Å². The molecule has 3 fully saturated rings. The molecule has 5 aromatic rings. The Bertz CT molecular complexity index is 2030. The van der Waals surface area contributed by atoms with Crippen molar-refractivity contribution in [2.45, 2.75) is 108 Å². The monoisotopic (exact) mass is 815 g/mol. The van der Waals surface area contributed by atoms with E-state index in [2.05, 4.69) is 5.32 Å². The van der Waals surface area contributed by atoms with E-state index < -0.39 is 67.6 Å². The molecule has 1 amide bonds. The number of rotatable bonds is 16. The summed E-state index contributed by atoms with van der Waals surface area (Å²) in [7, 11) is 0. The lowest BCUT2D eigenvalue weighted by molar-refractivity contribution is -0.383. The smallest absolute Gasteiger partial charge is 0.217 e. The summed E-state index contributed by atoms with van der Waals surface area (Å²) in [5, 5.41) is 3.10. The molecule has 314 valence electrons. The Hall–Kier alpha value is -4.79. The Balaban J connectivity index is 1.14. The van der Waals surface area contributed by atoms with Gasteiger partial charge in [-0.05, 0) is 29.2 Å². The summed E-state index contributed by atoms with van der Waals surface area (Å²) in [6, 6.07) is 48.6. The molecule has 0 aromatic heterocycles. The van der Waals surface area contributed by atoms with Crippen LogP contribution in [0.1, 0.15) is 48.0 Å². The van der Waals surface area contributed by atoms with Crippen LogP contribution in [0.25, 0.3) is 0 Å². The van der Waals surface area contributed by atoms with Crippen molar-refractivity contribution in [2.24, 2.45) is 0 Å². The summed E-state index contributed by atoms with van der Waals surface area (Å²) in [6.45, 7) is 4.72. The largest absolute Gasteiger partial charge is 0.368 e. The summed E-state index contributed by atoms with van der Waals surface area (Å²) < 4.78 is 60.6. The van der Waals surface area contributed by atoms with Gasteiger partial charge in [0.2, 0.25) is 5.91 Å². The molecule has 0 aliphatic carbocycles. The molecule has 11 nitrogen and oxygen atoms in total. The van der Waals surface area contributed by atoms with E-state index in [-0.39, 0.29) is 25.7 Å². The molecule has 0 radical (unpaired) electrons. The van der Waals surface area contributed by atoms with Crippen LogP contribution in [0.3, 0.4) is 0 Å². The zero-order valence-electron chi connectivity index (χ0n) is 33.9. The minimum Gasteiger partial charge on any atom is -0.368 e. The molecule has 0 bridgehead atoms. The van der Waals surface area contributed by atoms with Gasteiger partial charge in [0.1, 0.15) is 42.7 Å². The first-order valence-corrected chi connectivity index (χ1v) is 20.7. The number of fused-ring (bicyclic) bond motifs is 1. The molecule has 3 aliphatic heterocycles. The van der Waals surface area contributed by atoms with Crippen molar-refractivity contribution in [3.63, 3.8) is 0 Å². The van der Waals surface area contributed by atoms with Gasteiger partial charge in [0, 0.05) is 12.5 Å². The van der Waals surface area contributed by atoms with E-state index in [1.807, 2.05) is 159 Å². The summed E-state index contributed by atoms with van der Waals surface area (Å²) >= 11 is 0. The van der Waals surface area contributed by atoms with Crippen LogP contribution in [0.15, 0.2) is 152 Å². The van der Waals surface area contributed by atoms with E-state index in [4.69, 9.17) is 42.6 Å². The second-order valence-electron chi connectivity index (χ2n) is 15.3. The predicted octanol–water partition coefficient (Wildman–Crippen LogP) is 7.43. The predicted molar refractivity (Wildman–Crippen MR) is 222 cm³/mol. The normalized spacial score (nSPS) is 29.0. The van der Waals surface area contributed by atoms with Gasteiger partial charge < -0.3 is 47.9 Å². The molecular weight excluding hydrogens is 763 g/mol. The van der Waals surface area contributed by atoms with E-state index in [9.17, 15) is 4.79 Å². The van der Waals surface area contributed by atoms with Crippen molar-refractivity contribution in [3.05, 3.63) is 179 Å². The number of ether oxygens (including phenoxy) is 9. The van der Waals surface area contributed by atoms with Crippen LogP contribution in [0, 0.1) is 0 Å². The van der Waals surface area contributed by atoms with Gasteiger partial charge in [0.15, 0.2) is 18.9 Å². The minimum absolute atomic E-state index is 0.191. The van der Waals surface area contributed by atoms with Crippen LogP contribution < -0.4 is 5.32 Å². The standard InChI is InChI=1S/C49H53NO10/c1-33-42(52-28-35-18-8-3-9-19-35)45(53-29-36-20-10-4-11-21-36)46(54-30-37-22-12-5-13-23-37)49(57-33)60-44-41(50-34(2)51)48(55-31-38-24-14-6-15-25-38)58-40-32-56-47(59-43(40)44)39-26-16-7-17-27-39/h3-27,33,40-49H,28-32H2,1-2H3,(H,50,51)/t33?,40?,41?,42-,43-,44?,45?,46?,47?,48+,49+/m1/s1. The fourth-order valence-electron chi connectivity index (χ4n) is 7.93. The topological polar surface area (TPSA) is 112 Å². The van der Waals surface area contributed by atoms with E-state index in [1.165, 1.54) is 6.92 Å².